The summed E-state index contributed by atoms with van der Waals surface area (Å²) in [6.07, 6.45) is 0. The zero-order valence-corrected chi connectivity index (χ0v) is 17.8. The lowest BCUT2D eigenvalue weighted by atomic mass is 10.1. The zero-order valence-electron chi connectivity index (χ0n) is 16.2. The van der Waals surface area contributed by atoms with E-state index in [2.05, 4.69) is 41.3 Å². The Morgan fingerprint density at radius 1 is 1.17 bits per heavy atom. The zero-order chi connectivity index (χ0) is 20.4. The molecule has 148 valence electrons. The van der Waals surface area contributed by atoms with E-state index in [1.165, 1.54) is 11.1 Å². The summed E-state index contributed by atoms with van der Waals surface area (Å²) in [6.45, 7) is 4.94. The lowest BCUT2D eigenvalue weighted by Crippen LogP contribution is -2.33. The van der Waals surface area contributed by atoms with Gasteiger partial charge in [0.1, 0.15) is 17.0 Å². The van der Waals surface area contributed by atoms with Crippen LogP contribution in [-0.4, -0.2) is 34.2 Å². The molecule has 0 atom stereocenters. The van der Waals surface area contributed by atoms with Gasteiger partial charge in [-0.05, 0) is 25.5 Å². The van der Waals surface area contributed by atoms with Crippen molar-refractivity contribution < 1.29 is 9.32 Å². The molecule has 1 aliphatic heterocycles. The van der Waals surface area contributed by atoms with Gasteiger partial charge in [-0.3, -0.25) is 14.7 Å². The van der Waals surface area contributed by atoms with Gasteiger partial charge in [-0.15, -0.1) is 0 Å². The molecule has 1 amide bonds. The SMILES string of the molecule is Cc1ccc(CSC2=NCCN2C(=O)c2c(-c3ccccc3Cl)noc2C)cc1. The first kappa shape index (κ1) is 19.7. The average molecular weight is 426 g/mol. The van der Waals surface area contributed by atoms with Crippen molar-refractivity contribution in [2.45, 2.75) is 19.6 Å². The Morgan fingerprint density at radius 3 is 2.69 bits per heavy atom. The molecule has 5 nitrogen and oxygen atoms in total. The van der Waals surface area contributed by atoms with Crippen LogP contribution in [0.1, 0.15) is 27.2 Å². The fraction of sp³-hybridized carbons (Fsp3) is 0.227. The van der Waals surface area contributed by atoms with Gasteiger partial charge in [0.25, 0.3) is 5.91 Å². The van der Waals surface area contributed by atoms with Crippen molar-refractivity contribution in [1.82, 2.24) is 10.1 Å². The predicted molar refractivity (Wildman–Crippen MR) is 117 cm³/mol. The smallest absolute Gasteiger partial charge is 0.265 e. The van der Waals surface area contributed by atoms with Gasteiger partial charge in [-0.2, -0.15) is 0 Å². The third-order valence-corrected chi connectivity index (χ3v) is 6.16. The lowest BCUT2D eigenvalue weighted by Gasteiger charge is -2.18. The van der Waals surface area contributed by atoms with Gasteiger partial charge in [0.2, 0.25) is 0 Å². The highest BCUT2D eigenvalue weighted by molar-refractivity contribution is 8.13. The number of aromatic nitrogens is 1. The van der Waals surface area contributed by atoms with Crippen LogP contribution in [0.25, 0.3) is 11.3 Å². The highest BCUT2D eigenvalue weighted by Crippen LogP contribution is 2.33. The minimum atomic E-state index is -0.161. The van der Waals surface area contributed by atoms with Crippen molar-refractivity contribution >= 4 is 34.4 Å². The maximum atomic E-state index is 13.4. The molecule has 2 aromatic carbocycles. The van der Waals surface area contributed by atoms with E-state index in [0.29, 0.717) is 40.7 Å². The quantitative estimate of drug-likeness (QED) is 0.564. The summed E-state index contributed by atoms with van der Waals surface area (Å²) in [5.41, 5.74) is 4.00. The number of carbonyl (C=O) groups excluding carboxylic acids is 1. The number of hydrogen-bond donors (Lipinski definition) is 0. The molecular formula is C22H20ClN3O2S. The van der Waals surface area contributed by atoms with Crippen LogP contribution in [0.5, 0.6) is 0 Å². The summed E-state index contributed by atoms with van der Waals surface area (Å²) in [5, 5.41) is 5.36. The van der Waals surface area contributed by atoms with E-state index in [1.807, 2.05) is 18.2 Å². The van der Waals surface area contributed by atoms with Crippen LogP contribution >= 0.6 is 23.4 Å². The predicted octanol–water partition coefficient (Wildman–Crippen LogP) is 5.36. The standard InChI is InChI=1S/C22H20ClN3O2S/c1-14-7-9-16(10-8-14)13-29-22-24-11-12-26(22)21(27)19-15(2)28-25-20(19)17-5-3-4-6-18(17)23/h3-10H,11-13H2,1-2H3. The Kier molecular flexibility index (Phi) is 5.74. The van der Waals surface area contributed by atoms with Crippen LogP contribution in [0.15, 0.2) is 58.0 Å². The second-order valence-corrected chi connectivity index (χ2v) is 8.19. The molecule has 1 aliphatic rings. The van der Waals surface area contributed by atoms with Crippen molar-refractivity contribution in [1.29, 1.82) is 0 Å². The highest BCUT2D eigenvalue weighted by atomic mass is 35.5. The number of aliphatic imine (C=N–C) groups is 1. The third-order valence-electron chi connectivity index (χ3n) is 4.74. The second kappa shape index (κ2) is 8.43. The maximum absolute atomic E-state index is 13.4. The van der Waals surface area contributed by atoms with E-state index in [1.54, 1.807) is 29.7 Å². The summed E-state index contributed by atoms with van der Waals surface area (Å²) in [6, 6.07) is 15.7. The first-order valence-electron chi connectivity index (χ1n) is 9.30. The molecule has 3 aromatic rings. The molecule has 0 unspecified atom stereocenters. The first-order chi connectivity index (χ1) is 14.0. The average Bonchev–Trinajstić information content (AvgIpc) is 3.34. The molecule has 29 heavy (non-hydrogen) atoms. The monoisotopic (exact) mass is 425 g/mol. The lowest BCUT2D eigenvalue weighted by molar-refractivity contribution is 0.0859. The molecule has 7 heteroatoms. The summed E-state index contributed by atoms with van der Waals surface area (Å²) in [4.78, 5) is 19.6. The number of carbonyl (C=O) groups is 1. The first-order valence-corrected chi connectivity index (χ1v) is 10.7. The molecule has 0 N–H and O–H groups in total. The van der Waals surface area contributed by atoms with Crippen molar-refractivity contribution in [2.24, 2.45) is 4.99 Å². The fourth-order valence-electron chi connectivity index (χ4n) is 3.17. The van der Waals surface area contributed by atoms with Crippen molar-refractivity contribution in [3.05, 3.63) is 76.0 Å². The molecule has 0 saturated heterocycles. The topological polar surface area (TPSA) is 58.7 Å². The molecule has 0 spiro atoms. The van der Waals surface area contributed by atoms with Crippen molar-refractivity contribution in [3.8, 4) is 11.3 Å². The molecule has 2 heterocycles. The van der Waals surface area contributed by atoms with Gasteiger partial charge >= 0.3 is 0 Å². The maximum Gasteiger partial charge on any atom is 0.265 e. The van der Waals surface area contributed by atoms with E-state index in [9.17, 15) is 4.79 Å². The van der Waals surface area contributed by atoms with E-state index < -0.39 is 0 Å². The van der Waals surface area contributed by atoms with Gasteiger partial charge in [-0.25, -0.2) is 0 Å². The number of benzene rings is 2. The van der Waals surface area contributed by atoms with Gasteiger partial charge in [0.15, 0.2) is 5.17 Å². The Morgan fingerprint density at radius 2 is 1.93 bits per heavy atom. The van der Waals surface area contributed by atoms with Gasteiger partial charge in [-0.1, -0.05) is 76.5 Å². The molecule has 0 fully saturated rings. The highest BCUT2D eigenvalue weighted by Gasteiger charge is 2.31. The van der Waals surface area contributed by atoms with Crippen LogP contribution in [0.3, 0.4) is 0 Å². The number of amidine groups is 1. The van der Waals surface area contributed by atoms with E-state index in [-0.39, 0.29) is 5.91 Å². The summed E-state index contributed by atoms with van der Waals surface area (Å²) in [5.74, 6) is 1.06. The normalized spacial score (nSPS) is 13.6. The Balaban J connectivity index is 1.57. The van der Waals surface area contributed by atoms with Crippen LogP contribution < -0.4 is 0 Å². The number of aryl methyl sites for hydroxylation is 2. The number of rotatable bonds is 4. The minimum Gasteiger partial charge on any atom is -0.360 e. The van der Waals surface area contributed by atoms with Crippen LogP contribution in [-0.2, 0) is 5.75 Å². The molecule has 0 bridgehead atoms. The number of halogens is 1. The molecule has 4 rings (SSSR count). The number of amides is 1. The van der Waals surface area contributed by atoms with Crippen molar-refractivity contribution in [2.75, 3.05) is 13.1 Å². The van der Waals surface area contributed by atoms with E-state index in [4.69, 9.17) is 16.1 Å². The Hall–Kier alpha value is -2.57. The van der Waals surface area contributed by atoms with E-state index in [0.717, 1.165) is 10.9 Å². The van der Waals surface area contributed by atoms with E-state index >= 15 is 0 Å². The molecule has 1 aromatic heterocycles. The number of nitrogens with zero attached hydrogens (tertiary/aromatic N) is 3. The van der Waals surface area contributed by atoms with Gasteiger partial charge in [0.05, 0.1) is 11.6 Å². The molecule has 0 radical (unpaired) electrons. The second-order valence-electron chi connectivity index (χ2n) is 6.84. The largest absolute Gasteiger partial charge is 0.360 e. The Bertz CT molecular complexity index is 1080. The summed E-state index contributed by atoms with van der Waals surface area (Å²) >= 11 is 7.89. The third kappa shape index (κ3) is 4.09. The number of thioether (sulfide) groups is 1. The summed E-state index contributed by atoms with van der Waals surface area (Å²) < 4.78 is 5.36. The molecular weight excluding hydrogens is 406 g/mol. The Labute approximate surface area is 178 Å². The van der Waals surface area contributed by atoms with Crippen LogP contribution in [0.2, 0.25) is 5.02 Å². The number of hydrogen-bond acceptors (Lipinski definition) is 5. The molecule has 0 aliphatic carbocycles. The summed E-state index contributed by atoms with van der Waals surface area (Å²) in [7, 11) is 0. The minimum absolute atomic E-state index is 0.161. The molecule has 0 saturated carbocycles. The van der Waals surface area contributed by atoms with Crippen molar-refractivity contribution in [3.63, 3.8) is 0 Å². The van der Waals surface area contributed by atoms with Crippen LogP contribution in [0, 0.1) is 13.8 Å². The fourth-order valence-corrected chi connectivity index (χ4v) is 4.39. The van der Waals surface area contributed by atoms with Gasteiger partial charge in [0, 0.05) is 17.9 Å². The van der Waals surface area contributed by atoms with Gasteiger partial charge < -0.3 is 4.52 Å². The van der Waals surface area contributed by atoms with Crippen LogP contribution in [0.4, 0.5) is 0 Å².